The van der Waals surface area contributed by atoms with E-state index in [1.54, 1.807) is 0 Å². The van der Waals surface area contributed by atoms with E-state index < -0.39 is 5.91 Å². The Kier molecular flexibility index (Phi) is 3.63. The van der Waals surface area contributed by atoms with Crippen LogP contribution in [0, 0.1) is 3.57 Å². The van der Waals surface area contributed by atoms with E-state index in [4.69, 9.17) is 5.21 Å². The second kappa shape index (κ2) is 5.01. The number of amides is 2. The maximum Gasteiger partial charge on any atom is 0.266 e. The topological polar surface area (TPSA) is 60.9 Å². The number of hydroxylamine groups is 2. The standard InChI is InChI=1S/C11H11IN2O3/c12-9-3-1-8(2-4-9)5-13-6-11(16)14(17)7-10(13)15/h1-4,17H,5-7H2. The van der Waals surface area contributed by atoms with Crippen LogP contribution in [0.3, 0.4) is 0 Å². The first kappa shape index (κ1) is 12.3. The first-order chi connectivity index (χ1) is 8.06. The van der Waals surface area contributed by atoms with Gasteiger partial charge in [0.2, 0.25) is 5.91 Å². The Labute approximate surface area is 112 Å². The number of halogens is 1. The van der Waals surface area contributed by atoms with Crippen LogP contribution >= 0.6 is 22.6 Å². The molecule has 1 heterocycles. The SMILES string of the molecule is O=C1CN(Cc2ccc(I)cc2)C(=O)CN1O. The lowest BCUT2D eigenvalue weighted by molar-refractivity contribution is -0.181. The van der Waals surface area contributed by atoms with Crippen molar-refractivity contribution < 1.29 is 14.8 Å². The minimum Gasteiger partial charge on any atom is -0.327 e. The molecule has 0 aliphatic carbocycles. The van der Waals surface area contributed by atoms with Crippen LogP contribution in [0.15, 0.2) is 24.3 Å². The number of piperazine rings is 1. The summed E-state index contributed by atoms with van der Waals surface area (Å²) in [7, 11) is 0. The third-order valence-corrected chi connectivity index (χ3v) is 3.26. The molecular weight excluding hydrogens is 335 g/mol. The van der Waals surface area contributed by atoms with Crippen LogP contribution in [0.5, 0.6) is 0 Å². The molecule has 0 aromatic heterocycles. The van der Waals surface area contributed by atoms with Crippen molar-refractivity contribution in [2.24, 2.45) is 0 Å². The molecule has 1 aliphatic rings. The summed E-state index contributed by atoms with van der Waals surface area (Å²) in [6.07, 6.45) is 0. The van der Waals surface area contributed by atoms with Gasteiger partial charge >= 0.3 is 0 Å². The van der Waals surface area contributed by atoms with Gasteiger partial charge < -0.3 is 4.90 Å². The van der Waals surface area contributed by atoms with Gasteiger partial charge in [-0.3, -0.25) is 14.8 Å². The molecule has 0 radical (unpaired) electrons. The van der Waals surface area contributed by atoms with Crippen molar-refractivity contribution in [2.75, 3.05) is 13.1 Å². The summed E-state index contributed by atoms with van der Waals surface area (Å²) >= 11 is 2.20. The molecule has 5 nitrogen and oxygen atoms in total. The van der Waals surface area contributed by atoms with E-state index in [2.05, 4.69) is 22.6 Å². The molecule has 0 spiro atoms. The second-order valence-corrected chi connectivity index (χ2v) is 5.07. The van der Waals surface area contributed by atoms with Gasteiger partial charge in [-0.25, -0.2) is 5.06 Å². The van der Waals surface area contributed by atoms with Crippen molar-refractivity contribution in [3.63, 3.8) is 0 Å². The molecule has 0 atom stereocenters. The fourth-order valence-corrected chi connectivity index (χ4v) is 1.96. The minimum atomic E-state index is -0.449. The minimum absolute atomic E-state index is 0.0681. The van der Waals surface area contributed by atoms with Crippen LogP contribution in [-0.2, 0) is 16.1 Å². The van der Waals surface area contributed by atoms with E-state index in [1.165, 1.54) is 4.90 Å². The predicted octanol–water partition coefficient (Wildman–Crippen LogP) is 0.851. The Morgan fingerprint density at radius 1 is 1.12 bits per heavy atom. The maximum absolute atomic E-state index is 11.6. The molecule has 1 fully saturated rings. The number of hydrogen-bond acceptors (Lipinski definition) is 3. The van der Waals surface area contributed by atoms with Crippen molar-refractivity contribution in [1.29, 1.82) is 0 Å². The van der Waals surface area contributed by atoms with Crippen LogP contribution in [-0.4, -0.2) is 40.1 Å². The van der Waals surface area contributed by atoms with E-state index in [1.807, 2.05) is 24.3 Å². The third kappa shape index (κ3) is 2.95. The molecule has 6 heteroatoms. The van der Waals surface area contributed by atoms with Gasteiger partial charge in [0.1, 0.15) is 13.1 Å². The zero-order valence-corrected chi connectivity index (χ0v) is 11.1. The molecule has 0 saturated carbocycles. The number of nitrogens with zero attached hydrogens (tertiary/aromatic N) is 2. The normalized spacial score (nSPS) is 16.6. The Balaban J connectivity index is 2.06. The highest BCUT2D eigenvalue weighted by Crippen LogP contribution is 2.11. The summed E-state index contributed by atoms with van der Waals surface area (Å²) < 4.78 is 1.12. The largest absolute Gasteiger partial charge is 0.327 e. The monoisotopic (exact) mass is 346 g/mol. The molecule has 0 bridgehead atoms. The highest BCUT2D eigenvalue weighted by atomic mass is 127. The Bertz CT molecular complexity index is 447. The number of benzene rings is 1. The fourth-order valence-electron chi connectivity index (χ4n) is 1.60. The summed E-state index contributed by atoms with van der Waals surface area (Å²) in [6.45, 7) is 0.0693. The summed E-state index contributed by atoms with van der Waals surface area (Å²) in [6, 6.07) is 7.74. The zero-order valence-electron chi connectivity index (χ0n) is 8.97. The van der Waals surface area contributed by atoms with Gasteiger partial charge in [-0.15, -0.1) is 0 Å². The quantitative estimate of drug-likeness (QED) is 0.638. The van der Waals surface area contributed by atoms with Gasteiger partial charge in [0.15, 0.2) is 0 Å². The molecule has 1 N–H and O–H groups in total. The van der Waals surface area contributed by atoms with Gasteiger partial charge in [-0.2, -0.15) is 0 Å². The van der Waals surface area contributed by atoms with Crippen molar-refractivity contribution in [3.05, 3.63) is 33.4 Å². The van der Waals surface area contributed by atoms with Crippen molar-refractivity contribution in [2.45, 2.75) is 6.54 Å². The molecule has 0 unspecified atom stereocenters. The van der Waals surface area contributed by atoms with Crippen molar-refractivity contribution >= 4 is 34.4 Å². The zero-order chi connectivity index (χ0) is 12.4. The third-order valence-electron chi connectivity index (χ3n) is 2.54. The Hall–Kier alpha value is -1.15. The smallest absolute Gasteiger partial charge is 0.266 e. The molecule has 1 aromatic carbocycles. The molecule has 1 saturated heterocycles. The number of carbonyl (C=O) groups is 2. The summed E-state index contributed by atoms with van der Waals surface area (Å²) in [5.41, 5.74) is 0.970. The van der Waals surface area contributed by atoms with Crippen molar-refractivity contribution in [1.82, 2.24) is 9.96 Å². The van der Waals surface area contributed by atoms with Crippen LogP contribution in [0.25, 0.3) is 0 Å². The number of rotatable bonds is 2. The molecule has 1 aromatic rings. The van der Waals surface area contributed by atoms with Gasteiger partial charge in [-0.05, 0) is 40.3 Å². The number of carbonyl (C=O) groups excluding carboxylic acids is 2. The van der Waals surface area contributed by atoms with E-state index in [9.17, 15) is 9.59 Å². The highest BCUT2D eigenvalue weighted by molar-refractivity contribution is 14.1. The van der Waals surface area contributed by atoms with Gasteiger partial charge in [-0.1, -0.05) is 12.1 Å². The maximum atomic E-state index is 11.6. The second-order valence-electron chi connectivity index (χ2n) is 3.83. The van der Waals surface area contributed by atoms with Gasteiger partial charge in [0, 0.05) is 10.1 Å². The summed E-state index contributed by atoms with van der Waals surface area (Å²) in [4.78, 5) is 24.3. The lowest BCUT2D eigenvalue weighted by Gasteiger charge is -2.30. The summed E-state index contributed by atoms with van der Waals surface area (Å²) in [5.74, 6) is -0.694. The first-order valence-corrected chi connectivity index (χ1v) is 6.15. The lowest BCUT2D eigenvalue weighted by atomic mass is 10.2. The fraction of sp³-hybridized carbons (Fsp3) is 0.273. The van der Waals surface area contributed by atoms with E-state index in [0.717, 1.165) is 9.13 Å². The predicted molar refractivity (Wildman–Crippen MR) is 68.1 cm³/mol. The lowest BCUT2D eigenvalue weighted by Crippen LogP contribution is -2.51. The first-order valence-electron chi connectivity index (χ1n) is 5.08. The average molecular weight is 346 g/mol. The van der Waals surface area contributed by atoms with Crippen LogP contribution < -0.4 is 0 Å². The molecule has 2 amide bonds. The molecule has 2 rings (SSSR count). The Morgan fingerprint density at radius 3 is 2.41 bits per heavy atom. The molecule has 1 aliphatic heterocycles. The van der Waals surface area contributed by atoms with Crippen molar-refractivity contribution in [3.8, 4) is 0 Å². The number of hydrogen-bond donors (Lipinski definition) is 1. The van der Waals surface area contributed by atoms with E-state index in [-0.39, 0.29) is 19.0 Å². The Morgan fingerprint density at radius 2 is 1.76 bits per heavy atom. The van der Waals surface area contributed by atoms with Gasteiger partial charge in [0.25, 0.3) is 5.91 Å². The van der Waals surface area contributed by atoms with Crippen LogP contribution in [0.2, 0.25) is 0 Å². The van der Waals surface area contributed by atoms with E-state index >= 15 is 0 Å². The van der Waals surface area contributed by atoms with Gasteiger partial charge in [0.05, 0.1) is 0 Å². The van der Waals surface area contributed by atoms with Crippen LogP contribution in [0.4, 0.5) is 0 Å². The average Bonchev–Trinajstić information content (AvgIpc) is 2.29. The molecule has 17 heavy (non-hydrogen) atoms. The highest BCUT2D eigenvalue weighted by Gasteiger charge is 2.28. The van der Waals surface area contributed by atoms with Crippen LogP contribution in [0.1, 0.15) is 5.56 Å². The molecular formula is C11H11IN2O3. The summed E-state index contributed by atoms with van der Waals surface area (Å²) in [5, 5.41) is 9.57. The molecule has 90 valence electrons. The van der Waals surface area contributed by atoms with E-state index in [0.29, 0.717) is 11.6 Å².